The van der Waals surface area contributed by atoms with Gasteiger partial charge in [0.25, 0.3) is 5.78 Å². The number of ether oxygens (including phenoxy) is 2. The van der Waals surface area contributed by atoms with Crippen molar-refractivity contribution >= 4 is 33.9 Å². The zero-order valence-electron chi connectivity index (χ0n) is 20.4. The van der Waals surface area contributed by atoms with E-state index in [9.17, 15) is 14.7 Å². The summed E-state index contributed by atoms with van der Waals surface area (Å²) < 4.78 is 11.7. The second-order valence-corrected chi connectivity index (χ2v) is 10.4. The van der Waals surface area contributed by atoms with Crippen LogP contribution in [0.5, 0.6) is 11.5 Å². The lowest BCUT2D eigenvalue weighted by atomic mass is 9.94. The molecule has 0 aliphatic carbocycles. The quantitative estimate of drug-likeness (QED) is 0.259. The normalized spacial score (nSPS) is 20.6. The summed E-state index contributed by atoms with van der Waals surface area (Å²) in [7, 11) is 0. The largest absolute Gasteiger partial charge is 0.507 e. The molecule has 0 radical (unpaired) electrons. The summed E-state index contributed by atoms with van der Waals surface area (Å²) in [5.41, 5.74) is 2.11. The number of carbonyl (C=O) groups is 2. The number of aliphatic hydroxyl groups excluding tert-OH is 1. The third-order valence-electron chi connectivity index (χ3n) is 6.38. The Morgan fingerprint density at radius 2 is 2.08 bits per heavy atom. The number of carbonyl (C=O) groups excluding carboxylic acids is 2. The lowest BCUT2D eigenvalue weighted by Gasteiger charge is -2.23. The van der Waals surface area contributed by atoms with Gasteiger partial charge in [0.2, 0.25) is 0 Å². The summed E-state index contributed by atoms with van der Waals surface area (Å²) in [6, 6.07) is 11.8. The van der Waals surface area contributed by atoms with E-state index in [1.807, 2.05) is 37.3 Å². The summed E-state index contributed by atoms with van der Waals surface area (Å²) in [4.78, 5) is 32.2. The lowest BCUT2D eigenvalue weighted by molar-refractivity contribution is -0.132. The number of rotatable bonds is 7. The van der Waals surface area contributed by atoms with Crippen molar-refractivity contribution in [2.45, 2.75) is 45.8 Å². The van der Waals surface area contributed by atoms with E-state index in [0.717, 1.165) is 17.7 Å². The monoisotopic (exact) mass is 504 g/mol. The minimum atomic E-state index is -0.840. The van der Waals surface area contributed by atoms with Gasteiger partial charge in [-0.2, -0.15) is 0 Å². The van der Waals surface area contributed by atoms with Gasteiger partial charge in [0, 0.05) is 23.6 Å². The number of hydrogen-bond acceptors (Lipinski definition) is 7. The van der Waals surface area contributed by atoms with Crippen LogP contribution in [0.4, 0.5) is 5.13 Å². The Hall–Kier alpha value is -3.65. The average Bonchev–Trinajstić information content (AvgIpc) is 3.56. The van der Waals surface area contributed by atoms with Gasteiger partial charge >= 0.3 is 5.91 Å². The van der Waals surface area contributed by atoms with Crippen molar-refractivity contribution in [1.29, 1.82) is 0 Å². The van der Waals surface area contributed by atoms with Crippen molar-refractivity contribution in [3.8, 4) is 11.5 Å². The first-order valence-electron chi connectivity index (χ1n) is 12.1. The van der Waals surface area contributed by atoms with Crippen LogP contribution in [0.25, 0.3) is 5.76 Å². The van der Waals surface area contributed by atoms with Crippen molar-refractivity contribution in [1.82, 2.24) is 4.98 Å². The van der Waals surface area contributed by atoms with E-state index in [1.54, 1.807) is 23.7 Å². The minimum absolute atomic E-state index is 0.0291. The van der Waals surface area contributed by atoms with Crippen LogP contribution in [0.2, 0.25) is 0 Å². The molecule has 1 saturated heterocycles. The summed E-state index contributed by atoms with van der Waals surface area (Å²) >= 11 is 1.26. The Labute approximate surface area is 214 Å². The van der Waals surface area contributed by atoms with Crippen molar-refractivity contribution in [2.75, 3.05) is 11.5 Å². The van der Waals surface area contributed by atoms with Crippen molar-refractivity contribution in [3.63, 3.8) is 0 Å². The first-order valence-corrected chi connectivity index (χ1v) is 12.9. The molecule has 0 bridgehead atoms. The Bertz CT molecular complexity index is 1330. The molecule has 2 aliphatic heterocycles. The standard InChI is InChI=1S/C28H28N2O5S/c1-16(2)9-11-34-21-6-4-5-18(15-21)24-23(26(32)27(33)30(24)28-29-10-12-36-28)25(31)19-7-8-22-20(14-19)13-17(3)35-22/h4-8,10,12,14-17,24,31H,9,11,13H2,1-3H3/b25-23-. The Balaban J connectivity index is 1.59. The maximum Gasteiger partial charge on any atom is 0.301 e. The molecule has 3 aromatic rings. The van der Waals surface area contributed by atoms with Gasteiger partial charge in [0.05, 0.1) is 18.2 Å². The molecule has 5 rings (SSSR count). The van der Waals surface area contributed by atoms with Crippen LogP contribution in [0, 0.1) is 5.92 Å². The highest BCUT2D eigenvalue weighted by molar-refractivity contribution is 7.14. The molecule has 8 heteroatoms. The number of aliphatic hydroxyl groups is 1. The van der Waals surface area contributed by atoms with E-state index in [2.05, 4.69) is 18.8 Å². The smallest absolute Gasteiger partial charge is 0.301 e. The number of aromatic nitrogens is 1. The fourth-order valence-corrected chi connectivity index (χ4v) is 5.26. The predicted molar refractivity (Wildman–Crippen MR) is 139 cm³/mol. The third kappa shape index (κ3) is 4.48. The van der Waals surface area contributed by atoms with Gasteiger partial charge in [-0.1, -0.05) is 26.0 Å². The second kappa shape index (κ2) is 9.78. The number of nitrogens with zero attached hydrogens (tertiary/aromatic N) is 2. The highest BCUT2D eigenvalue weighted by atomic mass is 32.1. The molecule has 1 amide bonds. The molecule has 2 aromatic carbocycles. The fourth-order valence-electron chi connectivity index (χ4n) is 4.59. The average molecular weight is 505 g/mol. The number of amides is 1. The SMILES string of the molecule is CC(C)CCOc1cccc(C2/C(=C(/O)c3ccc4c(c3)CC(C)O4)C(=O)C(=O)N2c2nccs2)c1. The van der Waals surface area contributed by atoms with Gasteiger partial charge < -0.3 is 14.6 Å². The molecule has 2 unspecified atom stereocenters. The molecule has 0 spiro atoms. The van der Waals surface area contributed by atoms with Crippen LogP contribution in [-0.2, 0) is 16.0 Å². The number of Topliss-reactive ketones (excluding diaryl/α,β-unsaturated/α-hetero) is 1. The van der Waals surface area contributed by atoms with Gasteiger partial charge in [-0.15, -0.1) is 11.3 Å². The first kappa shape index (κ1) is 24.1. The Kier molecular flexibility index (Phi) is 6.53. The predicted octanol–water partition coefficient (Wildman–Crippen LogP) is 5.52. The topological polar surface area (TPSA) is 89.0 Å². The summed E-state index contributed by atoms with van der Waals surface area (Å²) in [6.45, 7) is 6.80. The van der Waals surface area contributed by atoms with Crippen LogP contribution in [0.3, 0.4) is 0 Å². The third-order valence-corrected chi connectivity index (χ3v) is 7.15. The summed E-state index contributed by atoms with van der Waals surface area (Å²) in [5.74, 6) is 0.230. The van der Waals surface area contributed by atoms with Gasteiger partial charge in [-0.05, 0) is 60.7 Å². The molecular formula is C28H28N2O5S. The van der Waals surface area contributed by atoms with Crippen molar-refractivity contribution < 1.29 is 24.2 Å². The van der Waals surface area contributed by atoms with Gasteiger partial charge in [-0.25, -0.2) is 4.98 Å². The molecule has 3 heterocycles. The molecular weight excluding hydrogens is 476 g/mol. The van der Waals surface area contributed by atoms with Gasteiger partial charge in [-0.3, -0.25) is 14.5 Å². The molecule has 186 valence electrons. The van der Waals surface area contributed by atoms with Crippen LogP contribution in [0.15, 0.2) is 59.6 Å². The maximum absolute atomic E-state index is 13.3. The second-order valence-electron chi connectivity index (χ2n) is 9.54. The van der Waals surface area contributed by atoms with Crippen LogP contribution >= 0.6 is 11.3 Å². The van der Waals surface area contributed by atoms with E-state index >= 15 is 0 Å². The van der Waals surface area contributed by atoms with E-state index in [1.165, 1.54) is 16.2 Å². The summed E-state index contributed by atoms with van der Waals surface area (Å²) in [6.07, 6.45) is 3.25. The molecule has 2 atom stereocenters. The number of thiazole rings is 1. The van der Waals surface area contributed by atoms with Gasteiger partial charge in [0.1, 0.15) is 23.4 Å². The Morgan fingerprint density at radius 1 is 1.25 bits per heavy atom. The number of fused-ring (bicyclic) bond motifs is 1. The molecule has 36 heavy (non-hydrogen) atoms. The molecule has 7 nitrogen and oxygen atoms in total. The van der Waals surface area contributed by atoms with E-state index < -0.39 is 17.7 Å². The molecule has 1 aromatic heterocycles. The molecule has 1 N–H and O–H groups in total. The molecule has 0 saturated carbocycles. The van der Waals surface area contributed by atoms with Crippen LogP contribution in [0.1, 0.15) is 49.9 Å². The van der Waals surface area contributed by atoms with E-state index in [4.69, 9.17) is 9.47 Å². The fraction of sp³-hybridized carbons (Fsp3) is 0.321. The zero-order valence-corrected chi connectivity index (χ0v) is 21.2. The van der Waals surface area contributed by atoms with Crippen LogP contribution < -0.4 is 14.4 Å². The lowest BCUT2D eigenvalue weighted by Crippen LogP contribution is -2.29. The van der Waals surface area contributed by atoms with Gasteiger partial charge in [0.15, 0.2) is 5.13 Å². The number of anilines is 1. The highest BCUT2D eigenvalue weighted by Crippen LogP contribution is 2.44. The number of hydrogen-bond donors (Lipinski definition) is 1. The van der Waals surface area contributed by atoms with Crippen molar-refractivity contribution in [3.05, 3.63) is 76.3 Å². The molecule has 1 fully saturated rings. The van der Waals surface area contributed by atoms with E-state index in [-0.39, 0.29) is 17.4 Å². The Morgan fingerprint density at radius 3 is 2.83 bits per heavy atom. The number of benzene rings is 2. The molecule has 2 aliphatic rings. The first-order chi connectivity index (χ1) is 17.3. The van der Waals surface area contributed by atoms with Crippen molar-refractivity contribution in [2.24, 2.45) is 5.92 Å². The number of ketones is 1. The van der Waals surface area contributed by atoms with Crippen LogP contribution in [-0.4, -0.2) is 34.5 Å². The summed E-state index contributed by atoms with van der Waals surface area (Å²) in [5, 5.41) is 13.6. The highest BCUT2D eigenvalue weighted by Gasteiger charge is 2.48. The zero-order chi connectivity index (χ0) is 25.4. The van der Waals surface area contributed by atoms with E-state index in [0.29, 0.717) is 41.0 Å². The minimum Gasteiger partial charge on any atom is -0.507 e. The maximum atomic E-state index is 13.3.